The third kappa shape index (κ3) is 8.05. The summed E-state index contributed by atoms with van der Waals surface area (Å²) in [5.74, 6) is -1.09. The fraction of sp³-hybridized carbons (Fsp3) is 0.286. The maximum Gasteiger partial charge on any atom is 0.306 e. The average molecular weight is 388 g/mol. The molecule has 0 radical (unpaired) electrons. The van der Waals surface area contributed by atoms with E-state index in [2.05, 4.69) is 5.32 Å². The summed E-state index contributed by atoms with van der Waals surface area (Å²) in [5.41, 5.74) is 1.70. The Bertz CT molecular complexity index is 760. The summed E-state index contributed by atoms with van der Waals surface area (Å²) < 4.78 is 4.90. The number of aryl methyl sites for hydroxylation is 1. The number of carbonyl (C=O) groups excluding carboxylic acids is 3. The highest BCUT2D eigenvalue weighted by molar-refractivity contribution is 6.30. The molecule has 5 nitrogen and oxygen atoms in total. The summed E-state index contributed by atoms with van der Waals surface area (Å²) in [7, 11) is 0. The highest BCUT2D eigenvalue weighted by atomic mass is 35.5. The SMILES string of the molecule is O=C(COC(=O)CCC(=O)c1ccc(Cl)cc1)NCCCc1ccccc1. The molecule has 27 heavy (non-hydrogen) atoms. The number of rotatable bonds is 10. The fourth-order valence-corrected chi connectivity index (χ4v) is 2.56. The van der Waals surface area contributed by atoms with Crippen LogP contribution >= 0.6 is 11.6 Å². The minimum absolute atomic E-state index is 0.0269. The van der Waals surface area contributed by atoms with Gasteiger partial charge >= 0.3 is 5.97 Å². The maximum absolute atomic E-state index is 12.0. The zero-order valence-corrected chi connectivity index (χ0v) is 15.7. The molecule has 0 unspecified atom stereocenters. The Morgan fingerprint density at radius 1 is 0.926 bits per heavy atom. The molecule has 1 N–H and O–H groups in total. The minimum atomic E-state index is -0.572. The van der Waals surface area contributed by atoms with Crippen LogP contribution in [0.4, 0.5) is 0 Å². The average Bonchev–Trinajstić information content (AvgIpc) is 2.69. The summed E-state index contributed by atoms with van der Waals surface area (Å²) in [4.78, 5) is 35.3. The first kappa shape index (κ1) is 20.6. The number of esters is 1. The molecule has 0 fully saturated rings. The molecule has 0 aliphatic carbocycles. The highest BCUT2D eigenvalue weighted by Crippen LogP contribution is 2.12. The maximum atomic E-state index is 12.0. The number of nitrogens with one attached hydrogen (secondary N) is 1. The summed E-state index contributed by atoms with van der Waals surface area (Å²) in [5, 5.41) is 3.25. The van der Waals surface area contributed by atoms with Crippen LogP contribution in [0.3, 0.4) is 0 Å². The van der Waals surface area contributed by atoms with Crippen LogP contribution in [0.25, 0.3) is 0 Å². The Morgan fingerprint density at radius 3 is 2.33 bits per heavy atom. The quantitative estimate of drug-likeness (QED) is 0.384. The van der Waals surface area contributed by atoms with Crippen molar-refractivity contribution in [2.24, 2.45) is 0 Å². The van der Waals surface area contributed by atoms with Crippen LogP contribution < -0.4 is 5.32 Å². The molecule has 0 aliphatic heterocycles. The van der Waals surface area contributed by atoms with Crippen molar-refractivity contribution in [3.05, 3.63) is 70.7 Å². The lowest BCUT2D eigenvalue weighted by Gasteiger charge is -2.07. The third-order valence-electron chi connectivity index (χ3n) is 3.89. The zero-order valence-electron chi connectivity index (χ0n) is 14.9. The molecule has 0 bridgehead atoms. The van der Waals surface area contributed by atoms with Crippen molar-refractivity contribution >= 4 is 29.3 Å². The van der Waals surface area contributed by atoms with E-state index in [-0.39, 0.29) is 31.1 Å². The highest BCUT2D eigenvalue weighted by Gasteiger charge is 2.11. The largest absolute Gasteiger partial charge is 0.456 e. The number of Topliss-reactive ketones (excluding diaryl/α,β-unsaturated/α-hetero) is 1. The van der Waals surface area contributed by atoms with Gasteiger partial charge in [0.1, 0.15) is 0 Å². The molecule has 0 atom stereocenters. The standard InChI is InChI=1S/C21H22ClNO4/c22-18-10-8-17(9-11-18)19(24)12-13-21(26)27-15-20(25)23-14-4-7-16-5-2-1-3-6-16/h1-3,5-6,8-11H,4,7,12-15H2,(H,23,25). The Labute approximate surface area is 163 Å². The first-order chi connectivity index (χ1) is 13.0. The lowest BCUT2D eigenvalue weighted by atomic mass is 10.1. The number of benzene rings is 2. The van der Waals surface area contributed by atoms with E-state index in [9.17, 15) is 14.4 Å². The van der Waals surface area contributed by atoms with Gasteiger partial charge in [-0.05, 0) is 42.7 Å². The molecule has 2 aromatic rings. The van der Waals surface area contributed by atoms with Gasteiger partial charge in [0.2, 0.25) is 0 Å². The summed E-state index contributed by atoms with van der Waals surface area (Å²) in [6.07, 6.45) is 1.63. The number of hydrogen-bond donors (Lipinski definition) is 1. The number of hydrogen-bond acceptors (Lipinski definition) is 4. The third-order valence-corrected chi connectivity index (χ3v) is 4.15. The van der Waals surface area contributed by atoms with E-state index in [1.165, 1.54) is 5.56 Å². The number of halogens is 1. The van der Waals surface area contributed by atoms with E-state index in [0.717, 1.165) is 12.8 Å². The monoisotopic (exact) mass is 387 g/mol. The van der Waals surface area contributed by atoms with Crippen molar-refractivity contribution in [1.29, 1.82) is 0 Å². The van der Waals surface area contributed by atoms with E-state index in [0.29, 0.717) is 17.1 Å². The van der Waals surface area contributed by atoms with Crippen LogP contribution in [0.5, 0.6) is 0 Å². The van der Waals surface area contributed by atoms with E-state index < -0.39 is 5.97 Å². The number of amides is 1. The zero-order chi connectivity index (χ0) is 19.5. The number of ether oxygens (including phenoxy) is 1. The van der Waals surface area contributed by atoms with Gasteiger partial charge in [0.25, 0.3) is 5.91 Å². The molecule has 1 amide bonds. The van der Waals surface area contributed by atoms with Gasteiger partial charge in [-0.3, -0.25) is 14.4 Å². The van der Waals surface area contributed by atoms with E-state index in [4.69, 9.17) is 16.3 Å². The second-order valence-electron chi connectivity index (χ2n) is 6.03. The molecule has 0 saturated carbocycles. The molecule has 142 valence electrons. The molecule has 6 heteroatoms. The van der Waals surface area contributed by atoms with Crippen molar-refractivity contribution in [2.75, 3.05) is 13.2 Å². The van der Waals surface area contributed by atoms with Gasteiger partial charge in [0.15, 0.2) is 12.4 Å². The van der Waals surface area contributed by atoms with Crippen LogP contribution in [0.1, 0.15) is 35.2 Å². The first-order valence-corrected chi connectivity index (χ1v) is 9.17. The Kier molecular flexibility index (Phi) is 8.52. The lowest BCUT2D eigenvalue weighted by Crippen LogP contribution is -2.29. The molecule has 0 heterocycles. The van der Waals surface area contributed by atoms with E-state index in [1.54, 1.807) is 24.3 Å². The summed E-state index contributed by atoms with van der Waals surface area (Å²) in [6, 6.07) is 16.4. The topological polar surface area (TPSA) is 72.5 Å². The predicted molar refractivity (Wildman–Crippen MR) is 104 cm³/mol. The summed E-state index contributed by atoms with van der Waals surface area (Å²) >= 11 is 5.77. The first-order valence-electron chi connectivity index (χ1n) is 8.79. The van der Waals surface area contributed by atoms with Crippen molar-refractivity contribution in [3.63, 3.8) is 0 Å². The van der Waals surface area contributed by atoms with Crippen molar-refractivity contribution in [2.45, 2.75) is 25.7 Å². The van der Waals surface area contributed by atoms with Gasteiger partial charge in [0.05, 0.1) is 6.42 Å². The van der Waals surface area contributed by atoms with Crippen LogP contribution in [0, 0.1) is 0 Å². The van der Waals surface area contributed by atoms with E-state index >= 15 is 0 Å². The smallest absolute Gasteiger partial charge is 0.306 e. The molecule has 2 rings (SSSR count). The van der Waals surface area contributed by atoms with Gasteiger partial charge in [0, 0.05) is 23.6 Å². The Hall–Kier alpha value is -2.66. The normalized spacial score (nSPS) is 10.3. The van der Waals surface area contributed by atoms with Gasteiger partial charge in [-0.15, -0.1) is 0 Å². The Morgan fingerprint density at radius 2 is 1.63 bits per heavy atom. The minimum Gasteiger partial charge on any atom is -0.456 e. The Balaban J connectivity index is 1.57. The summed E-state index contributed by atoms with van der Waals surface area (Å²) in [6.45, 7) is 0.180. The van der Waals surface area contributed by atoms with Crippen LogP contribution in [-0.2, 0) is 20.7 Å². The number of carbonyl (C=O) groups is 3. The molecule has 0 spiro atoms. The van der Waals surface area contributed by atoms with Gasteiger partial charge in [-0.2, -0.15) is 0 Å². The molecule has 0 saturated heterocycles. The molecule has 2 aromatic carbocycles. The van der Waals surface area contributed by atoms with Crippen LogP contribution in [0.2, 0.25) is 5.02 Å². The molecule has 0 aliphatic rings. The van der Waals surface area contributed by atoms with Crippen LogP contribution in [0.15, 0.2) is 54.6 Å². The molecule has 0 aromatic heterocycles. The predicted octanol–water partition coefficient (Wildman–Crippen LogP) is 3.60. The second kappa shape index (κ2) is 11.1. The van der Waals surface area contributed by atoms with Gasteiger partial charge in [-0.1, -0.05) is 41.9 Å². The molecular weight excluding hydrogens is 366 g/mol. The number of ketones is 1. The van der Waals surface area contributed by atoms with Crippen molar-refractivity contribution in [3.8, 4) is 0 Å². The van der Waals surface area contributed by atoms with E-state index in [1.807, 2.05) is 30.3 Å². The van der Waals surface area contributed by atoms with Gasteiger partial charge < -0.3 is 10.1 Å². The van der Waals surface area contributed by atoms with Gasteiger partial charge in [-0.25, -0.2) is 0 Å². The lowest BCUT2D eigenvalue weighted by molar-refractivity contribution is -0.148. The second-order valence-corrected chi connectivity index (χ2v) is 6.47. The van der Waals surface area contributed by atoms with Crippen molar-refractivity contribution < 1.29 is 19.1 Å². The van der Waals surface area contributed by atoms with Crippen LogP contribution in [-0.4, -0.2) is 30.8 Å². The molecular formula is C21H22ClNO4. The van der Waals surface area contributed by atoms with Crippen molar-refractivity contribution in [1.82, 2.24) is 5.32 Å². The fourth-order valence-electron chi connectivity index (χ4n) is 2.43.